The van der Waals surface area contributed by atoms with Gasteiger partial charge in [-0.25, -0.2) is 0 Å². The molecule has 2 aliphatic heterocycles. The first-order valence-electron chi connectivity index (χ1n) is 8.00. The first-order chi connectivity index (χ1) is 11.8. The van der Waals surface area contributed by atoms with E-state index in [1.54, 1.807) is 0 Å². The van der Waals surface area contributed by atoms with Crippen LogP contribution in [0.25, 0.3) is 0 Å². The number of rotatable bonds is 4. The summed E-state index contributed by atoms with van der Waals surface area (Å²) in [7, 11) is 0. The van der Waals surface area contributed by atoms with Crippen LogP contribution in [0.15, 0.2) is 24.0 Å². The van der Waals surface area contributed by atoms with Crippen molar-refractivity contribution in [1.29, 1.82) is 0 Å². The number of ether oxygens (including phenoxy) is 3. The topological polar surface area (TPSA) is 146 Å². The monoisotopic (exact) mass is 358 g/mol. The molecular weight excluding hydrogens is 336 g/mol. The van der Waals surface area contributed by atoms with E-state index < -0.39 is 55.1 Å². The van der Waals surface area contributed by atoms with E-state index in [1.807, 2.05) is 0 Å². The van der Waals surface area contributed by atoms with Crippen molar-refractivity contribution in [1.82, 2.24) is 0 Å². The van der Waals surface area contributed by atoms with E-state index in [4.69, 9.17) is 14.2 Å². The lowest BCUT2D eigenvalue weighted by molar-refractivity contribution is -0.342. The molecule has 0 aromatic carbocycles. The second-order valence-corrected chi connectivity index (χ2v) is 6.59. The highest BCUT2D eigenvalue weighted by atomic mass is 16.8. The molecule has 1 saturated heterocycles. The summed E-state index contributed by atoms with van der Waals surface area (Å²) in [6.45, 7) is 3.29. The molecule has 140 valence electrons. The van der Waals surface area contributed by atoms with Gasteiger partial charge < -0.3 is 39.7 Å². The molecule has 25 heavy (non-hydrogen) atoms. The number of aldehydes is 1. The van der Waals surface area contributed by atoms with Gasteiger partial charge in [-0.05, 0) is 12.8 Å². The fraction of sp³-hybridized carbons (Fsp3) is 0.688. The molecule has 9 heteroatoms. The Morgan fingerprint density at radius 1 is 1.28 bits per heavy atom. The third-order valence-corrected chi connectivity index (χ3v) is 5.13. The van der Waals surface area contributed by atoms with E-state index in [0.29, 0.717) is 18.3 Å². The van der Waals surface area contributed by atoms with E-state index in [1.165, 1.54) is 0 Å². The summed E-state index contributed by atoms with van der Waals surface area (Å²) in [5.74, 6) is -0.759. The molecule has 1 saturated carbocycles. The number of aliphatic hydroxyl groups is 5. The maximum Gasteiger partial charge on any atom is 0.211 e. The van der Waals surface area contributed by atoms with Gasteiger partial charge in [0.1, 0.15) is 30.0 Å². The Kier molecular flexibility index (Phi) is 5.00. The minimum Gasteiger partial charge on any atom is -0.471 e. The number of hydrogen-bond acceptors (Lipinski definition) is 9. The Hall–Kier alpha value is -1.33. The zero-order valence-electron chi connectivity index (χ0n) is 13.4. The summed E-state index contributed by atoms with van der Waals surface area (Å²) >= 11 is 0. The number of aliphatic hydroxyl groups excluding tert-OH is 4. The maximum absolute atomic E-state index is 11.2. The zero-order chi connectivity index (χ0) is 18.4. The summed E-state index contributed by atoms with van der Waals surface area (Å²) in [6.07, 6.45) is -6.01. The lowest BCUT2D eigenvalue weighted by Gasteiger charge is -2.44. The van der Waals surface area contributed by atoms with Crippen LogP contribution in [-0.4, -0.2) is 81.0 Å². The van der Waals surface area contributed by atoms with Crippen LogP contribution in [0.3, 0.4) is 0 Å². The van der Waals surface area contributed by atoms with Crippen molar-refractivity contribution in [3.05, 3.63) is 24.0 Å². The second-order valence-electron chi connectivity index (χ2n) is 6.59. The number of carbonyl (C=O) groups excluding carboxylic acids is 1. The van der Waals surface area contributed by atoms with Crippen LogP contribution in [-0.2, 0) is 19.0 Å². The van der Waals surface area contributed by atoms with Gasteiger partial charge in [0.2, 0.25) is 6.29 Å². The van der Waals surface area contributed by atoms with Crippen molar-refractivity contribution < 1.29 is 44.5 Å². The predicted octanol–water partition coefficient (Wildman–Crippen LogP) is -2.06. The minimum absolute atomic E-state index is 0.0739. The third-order valence-electron chi connectivity index (χ3n) is 5.13. The van der Waals surface area contributed by atoms with E-state index in [2.05, 4.69) is 6.58 Å². The average Bonchev–Trinajstić information content (AvgIpc) is 2.91. The van der Waals surface area contributed by atoms with Crippen molar-refractivity contribution in [3.63, 3.8) is 0 Å². The molecule has 8 atom stereocenters. The largest absolute Gasteiger partial charge is 0.471 e. The van der Waals surface area contributed by atoms with Crippen LogP contribution >= 0.6 is 0 Å². The highest BCUT2D eigenvalue weighted by Gasteiger charge is 2.55. The van der Waals surface area contributed by atoms with E-state index >= 15 is 0 Å². The SMILES string of the molecule is C=C1CC[C@]2(O)C(C=O)=CO[C@@H](O[C@H]3O[C@@H](CO)[C@H](O)[C@@H](O)[C@@H]3O)[C@H]12. The molecule has 0 unspecified atom stereocenters. The Morgan fingerprint density at radius 2 is 2.00 bits per heavy atom. The number of hydrogen-bond donors (Lipinski definition) is 5. The fourth-order valence-electron chi connectivity index (χ4n) is 3.61. The molecule has 2 heterocycles. The molecule has 1 aliphatic carbocycles. The van der Waals surface area contributed by atoms with E-state index in [9.17, 15) is 30.3 Å². The highest BCUT2D eigenvalue weighted by molar-refractivity contribution is 5.77. The van der Waals surface area contributed by atoms with Crippen molar-refractivity contribution in [3.8, 4) is 0 Å². The Balaban J connectivity index is 1.81. The summed E-state index contributed by atoms with van der Waals surface area (Å²) in [5.41, 5.74) is -0.801. The lowest BCUT2D eigenvalue weighted by atomic mass is 9.81. The second kappa shape index (κ2) is 6.76. The molecule has 0 aromatic rings. The quantitative estimate of drug-likeness (QED) is 0.283. The smallest absolute Gasteiger partial charge is 0.211 e. The maximum atomic E-state index is 11.2. The van der Waals surface area contributed by atoms with Gasteiger partial charge in [0, 0.05) is 0 Å². The summed E-state index contributed by atoms with van der Waals surface area (Å²) in [5, 5.41) is 49.8. The summed E-state index contributed by atoms with van der Waals surface area (Å²) < 4.78 is 16.2. The van der Waals surface area contributed by atoms with Crippen LogP contribution in [0.2, 0.25) is 0 Å². The Morgan fingerprint density at radius 3 is 2.64 bits per heavy atom. The zero-order valence-corrected chi connectivity index (χ0v) is 13.4. The molecule has 9 nitrogen and oxygen atoms in total. The van der Waals surface area contributed by atoms with Crippen molar-refractivity contribution in [2.24, 2.45) is 5.92 Å². The van der Waals surface area contributed by atoms with Crippen LogP contribution in [0, 0.1) is 5.92 Å². The lowest BCUT2D eigenvalue weighted by Crippen LogP contribution is -2.60. The normalized spacial score (nSPS) is 47.0. The first-order valence-corrected chi connectivity index (χ1v) is 8.00. The number of fused-ring (bicyclic) bond motifs is 1. The molecule has 0 amide bonds. The van der Waals surface area contributed by atoms with Gasteiger partial charge in [0.05, 0.1) is 24.4 Å². The molecule has 0 spiro atoms. The summed E-state index contributed by atoms with van der Waals surface area (Å²) in [6, 6.07) is 0. The standard InChI is InChI=1S/C16H22O9/c1-7-2-3-16(22)8(4-17)6-23-14(10(7)16)25-15-13(21)12(20)11(19)9(5-18)24-15/h4,6,9-15,18-22H,1-3,5H2/t9-,10-,11-,12+,13-,14-,15+,16-/m0/s1. The Labute approximate surface area is 143 Å². The molecule has 0 bridgehead atoms. The van der Waals surface area contributed by atoms with Gasteiger partial charge in [0.15, 0.2) is 12.6 Å². The molecule has 3 aliphatic rings. The number of carbonyl (C=O) groups is 1. The van der Waals surface area contributed by atoms with Gasteiger partial charge in [-0.2, -0.15) is 0 Å². The summed E-state index contributed by atoms with van der Waals surface area (Å²) in [4.78, 5) is 11.2. The van der Waals surface area contributed by atoms with Gasteiger partial charge in [-0.15, -0.1) is 0 Å². The average molecular weight is 358 g/mol. The molecular formula is C16H22O9. The van der Waals surface area contributed by atoms with Crippen molar-refractivity contribution in [2.75, 3.05) is 6.61 Å². The first kappa shape index (κ1) is 18.5. The molecule has 0 radical (unpaired) electrons. The third kappa shape index (κ3) is 2.91. The van der Waals surface area contributed by atoms with Crippen molar-refractivity contribution in [2.45, 2.75) is 55.4 Å². The van der Waals surface area contributed by atoms with Crippen LogP contribution in [0.5, 0.6) is 0 Å². The van der Waals surface area contributed by atoms with Gasteiger partial charge in [0.25, 0.3) is 0 Å². The van der Waals surface area contributed by atoms with E-state index in [0.717, 1.165) is 6.26 Å². The molecule has 5 N–H and O–H groups in total. The van der Waals surface area contributed by atoms with Gasteiger partial charge >= 0.3 is 0 Å². The minimum atomic E-state index is -1.60. The predicted molar refractivity (Wildman–Crippen MR) is 80.7 cm³/mol. The molecule has 2 fully saturated rings. The highest BCUT2D eigenvalue weighted by Crippen LogP contribution is 2.48. The molecule has 3 rings (SSSR count). The van der Waals surface area contributed by atoms with Crippen molar-refractivity contribution >= 4 is 6.29 Å². The van der Waals surface area contributed by atoms with Crippen LogP contribution in [0.1, 0.15) is 12.8 Å². The van der Waals surface area contributed by atoms with Gasteiger partial charge in [-0.1, -0.05) is 12.2 Å². The Bertz CT molecular complexity index is 574. The van der Waals surface area contributed by atoms with E-state index in [-0.39, 0.29) is 12.0 Å². The fourth-order valence-corrected chi connectivity index (χ4v) is 3.61. The van der Waals surface area contributed by atoms with Crippen LogP contribution < -0.4 is 0 Å². The van der Waals surface area contributed by atoms with Crippen LogP contribution in [0.4, 0.5) is 0 Å². The molecule has 0 aromatic heterocycles. The van der Waals surface area contributed by atoms with Gasteiger partial charge in [-0.3, -0.25) is 4.79 Å².